The van der Waals surface area contributed by atoms with Crippen molar-refractivity contribution in [1.29, 1.82) is 0 Å². The molecule has 3 unspecified atom stereocenters. The molecule has 1 aliphatic heterocycles. The molecule has 10 atom stereocenters. The van der Waals surface area contributed by atoms with Crippen LogP contribution in [0.5, 0.6) is 0 Å². The van der Waals surface area contributed by atoms with Gasteiger partial charge in [-0.3, -0.25) is 24.0 Å². The van der Waals surface area contributed by atoms with Crippen LogP contribution in [0, 0.1) is 23.7 Å². The van der Waals surface area contributed by atoms with Gasteiger partial charge in [-0.2, -0.15) is 0 Å². The Balaban J connectivity index is 2.26. The molecule has 1 heterocycles. The summed E-state index contributed by atoms with van der Waals surface area (Å²) >= 11 is 0. The molecule has 0 aliphatic carbocycles. The second-order valence-electron chi connectivity index (χ2n) is 17.3. The number of methoxy groups -OCH3 is 2. The number of aliphatic hydroxyl groups is 1. The second-order valence-corrected chi connectivity index (χ2v) is 17.3. The summed E-state index contributed by atoms with van der Waals surface area (Å²) in [6.45, 7) is 16.1. The monoisotopic (exact) mass is 831 g/mol. The minimum absolute atomic E-state index is 0.0107. The molecular weight excluding hydrogens is 753 g/mol. The number of ether oxygens (including phenoxy) is 2. The number of aliphatic hydroxyl groups excluding tert-OH is 1. The van der Waals surface area contributed by atoms with E-state index in [0.29, 0.717) is 44.3 Å². The zero-order valence-electron chi connectivity index (χ0n) is 38.1. The highest BCUT2D eigenvalue weighted by Crippen LogP contribution is 2.30. The zero-order chi connectivity index (χ0) is 44.6. The maximum atomic E-state index is 14.5. The fourth-order valence-corrected chi connectivity index (χ4v) is 8.51. The van der Waals surface area contributed by atoms with Gasteiger partial charge in [-0.15, -0.1) is 0 Å². The van der Waals surface area contributed by atoms with Gasteiger partial charge in [-0.05, 0) is 62.5 Å². The van der Waals surface area contributed by atoms with Crippen LogP contribution >= 0.6 is 0 Å². The highest BCUT2D eigenvalue weighted by Gasteiger charge is 2.43. The molecule has 14 nitrogen and oxygen atoms in total. The molecule has 0 radical (unpaired) electrons. The Bertz CT molecular complexity index is 1460. The van der Waals surface area contributed by atoms with E-state index in [9.17, 15) is 29.1 Å². The highest BCUT2D eigenvalue weighted by molar-refractivity contribution is 5.92. The molecule has 0 aromatic heterocycles. The van der Waals surface area contributed by atoms with Crippen molar-refractivity contribution in [3.63, 3.8) is 0 Å². The molecule has 0 bridgehead atoms. The van der Waals surface area contributed by atoms with Crippen LogP contribution in [0.4, 0.5) is 0 Å². The number of rotatable bonds is 25. The SMILES string of the molecule is CC[C@H](C)[C@@H]([C@@H](CC(=O)N1CCC[C@H]1C(OC)[C@@H](C)C(=O)N[C@H](C)C(O)c1ccccc1)OC)N(C)C(=O)[C@@H](NC(=O)C(C(C)C)N(C)C(=O)CCCCCN)C(C)C. The zero-order valence-corrected chi connectivity index (χ0v) is 38.1. The Morgan fingerprint density at radius 1 is 0.881 bits per heavy atom. The molecule has 1 aromatic carbocycles. The molecule has 59 heavy (non-hydrogen) atoms. The van der Waals surface area contributed by atoms with Crippen molar-refractivity contribution in [3.8, 4) is 0 Å². The molecule has 0 saturated carbocycles. The number of hydrogen-bond acceptors (Lipinski definition) is 9. The van der Waals surface area contributed by atoms with Gasteiger partial charge in [0.15, 0.2) is 0 Å². The summed E-state index contributed by atoms with van der Waals surface area (Å²) in [6.07, 6.45) is 2.57. The molecule has 0 spiro atoms. The number of carbonyl (C=O) groups is 5. The van der Waals surface area contributed by atoms with Gasteiger partial charge in [-0.1, -0.05) is 91.6 Å². The predicted octanol–water partition coefficient (Wildman–Crippen LogP) is 4.29. The number of benzene rings is 1. The Morgan fingerprint density at radius 3 is 2.07 bits per heavy atom. The Morgan fingerprint density at radius 2 is 1.53 bits per heavy atom. The number of likely N-dealkylation sites (N-methyl/N-ethyl adjacent to an activating group) is 2. The first-order valence-electron chi connectivity index (χ1n) is 21.8. The first-order valence-corrected chi connectivity index (χ1v) is 21.8. The van der Waals surface area contributed by atoms with Crippen LogP contribution in [0.15, 0.2) is 30.3 Å². The van der Waals surface area contributed by atoms with Crippen molar-refractivity contribution in [2.24, 2.45) is 29.4 Å². The third kappa shape index (κ3) is 14.3. The highest BCUT2D eigenvalue weighted by atomic mass is 16.5. The van der Waals surface area contributed by atoms with E-state index in [1.165, 1.54) is 4.90 Å². The van der Waals surface area contributed by atoms with Crippen molar-refractivity contribution in [2.75, 3.05) is 41.4 Å². The number of likely N-dealkylation sites (tertiary alicyclic amines) is 1. The third-order valence-electron chi connectivity index (χ3n) is 12.3. The van der Waals surface area contributed by atoms with Gasteiger partial charge in [0.25, 0.3) is 0 Å². The number of hydrogen-bond donors (Lipinski definition) is 4. The van der Waals surface area contributed by atoms with Crippen molar-refractivity contribution < 1.29 is 38.6 Å². The van der Waals surface area contributed by atoms with Crippen LogP contribution in [-0.2, 0) is 33.4 Å². The molecular formula is C45H78N6O8. The second kappa shape index (κ2) is 25.2. The average molecular weight is 831 g/mol. The van der Waals surface area contributed by atoms with Crippen LogP contribution in [-0.4, -0.2) is 133 Å². The maximum absolute atomic E-state index is 14.5. The lowest BCUT2D eigenvalue weighted by molar-refractivity contribution is -0.148. The van der Waals surface area contributed by atoms with E-state index in [0.717, 1.165) is 19.3 Å². The number of unbranched alkanes of at least 4 members (excludes halogenated alkanes) is 2. The third-order valence-corrected chi connectivity index (χ3v) is 12.3. The van der Waals surface area contributed by atoms with Crippen molar-refractivity contribution in [1.82, 2.24) is 25.3 Å². The molecule has 1 aliphatic rings. The first kappa shape index (κ1) is 51.6. The maximum Gasteiger partial charge on any atom is 0.245 e. The fourth-order valence-electron chi connectivity index (χ4n) is 8.51. The molecule has 5 amide bonds. The van der Waals surface area contributed by atoms with Crippen LogP contribution < -0.4 is 16.4 Å². The summed E-state index contributed by atoms with van der Waals surface area (Å²) in [6, 6.07) is 6.05. The molecule has 1 aromatic rings. The number of nitrogens with two attached hydrogens (primary N) is 1. The minimum atomic E-state index is -0.893. The minimum Gasteiger partial charge on any atom is -0.386 e. The van der Waals surface area contributed by atoms with Crippen LogP contribution in [0.1, 0.15) is 118 Å². The van der Waals surface area contributed by atoms with Gasteiger partial charge in [0.2, 0.25) is 29.5 Å². The lowest BCUT2D eigenvalue weighted by Crippen LogP contribution is -2.60. The Kier molecular flexibility index (Phi) is 22.1. The fraction of sp³-hybridized carbons (Fsp3) is 0.756. The summed E-state index contributed by atoms with van der Waals surface area (Å²) in [7, 11) is 6.42. The van der Waals surface area contributed by atoms with Crippen LogP contribution in [0.3, 0.4) is 0 Å². The number of nitrogens with one attached hydrogen (secondary N) is 2. The molecule has 336 valence electrons. The van der Waals surface area contributed by atoms with Crippen molar-refractivity contribution in [2.45, 2.75) is 155 Å². The van der Waals surface area contributed by atoms with Crippen molar-refractivity contribution in [3.05, 3.63) is 35.9 Å². The van der Waals surface area contributed by atoms with Gasteiger partial charge in [0.1, 0.15) is 12.1 Å². The van der Waals surface area contributed by atoms with Gasteiger partial charge in [-0.25, -0.2) is 0 Å². The largest absolute Gasteiger partial charge is 0.386 e. The van der Waals surface area contributed by atoms with E-state index in [2.05, 4.69) is 10.6 Å². The van der Waals surface area contributed by atoms with Gasteiger partial charge in [0.05, 0.1) is 48.8 Å². The quantitative estimate of drug-likeness (QED) is 0.105. The number of nitrogens with zero attached hydrogens (tertiary/aromatic N) is 3. The van der Waals surface area contributed by atoms with E-state index in [1.54, 1.807) is 52.0 Å². The van der Waals surface area contributed by atoms with Gasteiger partial charge < -0.3 is 45.6 Å². The van der Waals surface area contributed by atoms with Gasteiger partial charge >= 0.3 is 0 Å². The summed E-state index contributed by atoms with van der Waals surface area (Å²) in [4.78, 5) is 74.2. The van der Waals surface area contributed by atoms with Gasteiger partial charge in [0, 0.05) is 41.3 Å². The summed E-state index contributed by atoms with van der Waals surface area (Å²) in [5.74, 6) is -2.47. The smallest absolute Gasteiger partial charge is 0.245 e. The molecule has 14 heteroatoms. The van der Waals surface area contributed by atoms with Crippen molar-refractivity contribution >= 4 is 29.5 Å². The Hall–Kier alpha value is -3.59. The molecule has 1 fully saturated rings. The average Bonchev–Trinajstić information content (AvgIpc) is 3.70. The topological polar surface area (TPSA) is 184 Å². The lowest BCUT2D eigenvalue weighted by atomic mass is 9.89. The Labute approximate surface area is 354 Å². The van der Waals surface area contributed by atoms with E-state index in [1.807, 2.05) is 71.9 Å². The predicted molar refractivity (Wildman–Crippen MR) is 231 cm³/mol. The number of amides is 5. The lowest BCUT2D eigenvalue weighted by Gasteiger charge is -2.41. The number of carbonyl (C=O) groups excluding carboxylic acids is 5. The van der Waals surface area contributed by atoms with E-state index in [4.69, 9.17) is 15.2 Å². The summed E-state index contributed by atoms with van der Waals surface area (Å²) < 4.78 is 12.0. The van der Waals surface area contributed by atoms with Crippen LogP contribution in [0.25, 0.3) is 0 Å². The molecule has 2 rings (SSSR count). The van der Waals surface area contributed by atoms with E-state index < -0.39 is 54.3 Å². The van der Waals surface area contributed by atoms with Crippen LogP contribution in [0.2, 0.25) is 0 Å². The molecule has 1 saturated heterocycles. The summed E-state index contributed by atoms with van der Waals surface area (Å²) in [5.41, 5.74) is 6.31. The van der Waals surface area contributed by atoms with E-state index >= 15 is 0 Å². The van der Waals surface area contributed by atoms with E-state index in [-0.39, 0.29) is 53.8 Å². The molecule has 5 N–H and O–H groups in total. The standard InChI is InChI=1S/C45H78N6O8/c1-13-30(6)40(50(10)45(57)38(28(2)3)48-44(56)39(29(4)5)49(9)36(52)24-18-15-19-25-46)35(58-11)27-37(53)51-26-20-23-34(51)42(59-12)31(7)43(55)47-32(8)41(54)33-21-16-14-17-22-33/h14,16-17,21-22,28-32,34-35,38-42,54H,13,15,18-20,23-27,46H2,1-12H3,(H,47,55)(H,48,56)/t30-,31+,32+,34-,35+,38-,39?,40-,41?,42?/m0/s1. The summed E-state index contributed by atoms with van der Waals surface area (Å²) in [5, 5.41) is 16.8. The first-order chi connectivity index (χ1) is 27.9. The normalized spacial score (nSPS) is 18.9.